The average molecular weight is 334 g/mol. The van der Waals surface area contributed by atoms with Crippen LogP contribution < -0.4 is 4.72 Å². The highest BCUT2D eigenvalue weighted by atomic mass is 35.5. The number of benzene rings is 1. The van der Waals surface area contributed by atoms with Gasteiger partial charge in [0.05, 0.1) is 16.7 Å². The smallest absolute Gasteiger partial charge is 0.243 e. The summed E-state index contributed by atoms with van der Waals surface area (Å²) in [6, 6.07) is 2.90. The Balaban J connectivity index is 2.34. The molecule has 1 aromatic rings. The number of hydrogen-bond donors (Lipinski definition) is 2. The van der Waals surface area contributed by atoms with E-state index in [4.69, 9.17) is 28.3 Å². The van der Waals surface area contributed by atoms with Crippen molar-refractivity contribution < 1.29 is 13.5 Å². The second-order valence-corrected chi connectivity index (χ2v) is 6.91. The largest absolute Gasteiger partial charge is 0.395 e. The molecule has 0 spiro atoms. The average Bonchev–Trinajstić information content (AvgIpc) is 3.11. The molecular weight excluding hydrogens is 321 g/mol. The lowest BCUT2D eigenvalue weighted by atomic mass is 10.2. The van der Waals surface area contributed by atoms with Crippen LogP contribution in [0, 0.1) is 11.8 Å². The summed E-state index contributed by atoms with van der Waals surface area (Å²) >= 11 is 12.0. The van der Waals surface area contributed by atoms with Crippen molar-refractivity contribution in [1.29, 1.82) is 0 Å². The second kappa shape index (κ2) is 6.33. The molecule has 0 radical (unpaired) electrons. The predicted molar refractivity (Wildman–Crippen MR) is 78.4 cm³/mol. The Morgan fingerprint density at radius 1 is 1.30 bits per heavy atom. The highest BCUT2D eigenvalue weighted by Gasteiger charge is 2.30. The van der Waals surface area contributed by atoms with Crippen LogP contribution in [0.4, 0.5) is 0 Å². The minimum atomic E-state index is -3.70. The maximum Gasteiger partial charge on any atom is 0.243 e. The SMILES string of the molecule is O=S(=O)(NC1CC1)c1c(Cl)cc(C#CCCO)cc1Cl. The maximum atomic E-state index is 12.1. The molecule has 0 aromatic heterocycles. The van der Waals surface area contributed by atoms with Crippen LogP contribution in [0.15, 0.2) is 17.0 Å². The van der Waals surface area contributed by atoms with Crippen LogP contribution in [0.2, 0.25) is 10.0 Å². The van der Waals surface area contributed by atoms with E-state index in [1.165, 1.54) is 12.1 Å². The topological polar surface area (TPSA) is 66.4 Å². The van der Waals surface area contributed by atoms with Crippen molar-refractivity contribution >= 4 is 33.2 Å². The fraction of sp³-hybridized carbons (Fsp3) is 0.385. The molecule has 1 saturated carbocycles. The fourth-order valence-electron chi connectivity index (χ4n) is 1.59. The van der Waals surface area contributed by atoms with E-state index >= 15 is 0 Å². The van der Waals surface area contributed by atoms with Crippen molar-refractivity contribution in [1.82, 2.24) is 4.72 Å². The van der Waals surface area contributed by atoms with E-state index in [9.17, 15) is 8.42 Å². The highest BCUT2D eigenvalue weighted by molar-refractivity contribution is 7.89. The Morgan fingerprint density at radius 3 is 2.40 bits per heavy atom. The van der Waals surface area contributed by atoms with Crippen molar-refractivity contribution in [2.75, 3.05) is 6.61 Å². The Hall–Kier alpha value is -0.770. The van der Waals surface area contributed by atoms with Gasteiger partial charge in [-0.15, -0.1) is 0 Å². The number of aliphatic hydroxyl groups excluding tert-OH is 1. The van der Waals surface area contributed by atoms with Crippen molar-refractivity contribution in [3.63, 3.8) is 0 Å². The molecule has 0 heterocycles. The molecule has 0 aliphatic heterocycles. The zero-order valence-electron chi connectivity index (χ0n) is 10.5. The van der Waals surface area contributed by atoms with Crippen LogP contribution in [0.1, 0.15) is 24.8 Å². The number of aliphatic hydroxyl groups is 1. The third kappa shape index (κ3) is 3.87. The van der Waals surface area contributed by atoms with E-state index in [1.807, 2.05) is 0 Å². The normalized spacial score (nSPS) is 14.8. The predicted octanol–water partition coefficient (Wildman–Crippen LogP) is 2.17. The molecule has 2 N–H and O–H groups in total. The van der Waals surface area contributed by atoms with Gasteiger partial charge in [0.15, 0.2) is 0 Å². The van der Waals surface area contributed by atoms with Crippen LogP contribution in [0.25, 0.3) is 0 Å². The quantitative estimate of drug-likeness (QED) is 0.830. The summed E-state index contributed by atoms with van der Waals surface area (Å²) in [5.74, 6) is 5.49. The van der Waals surface area contributed by atoms with E-state index in [2.05, 4.69) is 16.6 Å². The summed E-state index contributed by atoms with van der Waals surface area (Å²) in [5.41, 5.74) is 0.513. The fourth-order valence-corrected chi connectivity index (χ4v) is 4.11. The summed E-state index contributed by atoms with van der Waals surface area (Å²) in [5, 5.41) is 8.73. The van der Waals surface area contributed by atoms with Gasteiger partial charge in [0.25, 0.3) is 0 Å². The van der Waals surface area contributed by atoms with Crippen LogP contribution in [0.3, 0.4) is 0 Å². The van der Waals surface area contributed by atoms with Gasteiger partial charge >= 0.3 is 0 Å². The zero-order chi connectivity index (χ0) is 14.8. The van der Waals surface area contributed by atoms with Crippen molar-refractivity contribution in [3.05, 3.63) is 27.7 Å². The lowest BCUT2D eigenvalue weighted by Crippen LogP contribution is -2.26. The van der Waals surface area contributed by atoms with Gasteiger partial charge in [-0.3, -0.25) is 0 Å². The third-order valence-corrected chi connectivity index (χ3v) is 5.08. The number of sulfonamides is 1. The molecular formula is C13H13Cl2NO3S. The van der Waals surface area contributed by atoms with Gasteiger partial charge in [-0.25, -0.2) is 13.1 Å². The van der Waals surface area contributed by atoms with Gasteiger partial charge in [-0.1, -0.05) is 35.0 Å². The summed E-state index contributed by atoms with van der Waals surface area (Å²) in [6.07, 6.45) is 2.00. The summed E-state index contributed by atoms with van der Waals surface area (Å²) in [7, 11) is -3.70. The Kier molecular flexibility index (Phi) is 4.95. The zero-order valence-corrected chi connectivity index (χ0v) is 12.8. The van der Waals surface area contributed by atoms with Crippen molar-refractivity contribution in [2.24, 2.45) is 0 Å². The Morgan fingerprint density at radius 2 is 1.90 bits per heavy atom. The van der Waals surface area contributed by atoms with E-state index in [0.717, 1.165) is 12.8 Å². The van der Waals surface area contributed by atoms with Crippen LogP contribution in [-0.4, -0.2) is 26.2 Å². The molecule has 1 aliphatic rings. The molecule has 4 nitrogen and oxygen atoms in total. The Labute approximate surface area is 128 Å². The molecule has 0 amide bonds. The van der Waals surface area contributed by atoms with E-state index in [0.29, 0.717) is 12.0 Å². The minimum absolute atomic E-state index is 0.0174. The molecule has 0 saturated heterocycles. The maximum absolute atomic E-state index is 12.1. The van der Waals surface area contributed by atoms with Crippen LogP contribution in [-0.2, 0) is 10.0 Å². The highest BCUT2D eigenvalue weighted by Crippen LogP contribution is 2.32. The summed E-state index contributed by atoms with van der Waals surface area (Å²) in [6.45, 7) is -0.0355. The van der Waals surface area contributed by atoms with Gasteiger partial charge in [-0.05, 0) is 25.0 Å². The van der Waals surface area contributed by atoms with Crippen molar-refractivity contribution in [2.45, 2.75) is 30.2 Å². The summed E-state index contributed by atoms with van der Waals surface area (Å²) in [4.78, 5) is -0.111. The molecule has 1 aliphatic carbocycles. The summed E-state index contributed by atoms with van der Waals surface area (Å²) < 4.78 is 26.8. The van der Waals surface area contributed by atoms with E-state index in [1.54, 1.807) is 0 Å². The number of rotatable bonds is 4. The Bertz CT molecular complexity index is 650. The van der Waals surface area contributed by atoms with Crippen molar-refractivity contribution in [3.8, 4) is 11.8 Å². The molecule has 0 bridgehead atoms. The lowest BCUT2D eigenvalue weighted by Gasteiger charge is -2.09. The number of hydrogen-bond acceptors (Lipinski definition) is 3. The first-order valence-corrected chi connectivity index (χ1v) is 8.29. The molecule has 0 atom stereocenters. The molecule has 108 valence electrons. The van der Waals surface area contributed by atoms with Crippen LogP contribution >= 0.6 is 23.2 Å². The van der Waals surface area contributed by atoms with Gasteiger partial charge in [0.2, 0.25) is 10.0 Å². The lowest BCUT2D eigenvalue weighted by molar-refractivity contribution is 0.305. The monoisotopic (exact) mass is 333 g/mol. The second-order valence-electron chi connectivity index (χ2n) is 4.44. The number of halogens is 2. The first-order valence-electron chi connectivity index (χ1n) is 6.05. The third-order valence-electron chi connectivity index (χ3n) is 2.64. The van der Waals surface area contributed by atoms with Crippen LogP contribution in [0.5, 0.6) is 0 Å². The number of nitrogens with one attached hydrogen (secondary N) is 1. The van der Waals surface area contributed by atoms with Gasteiger partial charge in [-0.2, -0.15) is 0 Å². The standard InChI is InChI=1S/C13H13Cl2NO3S/c14-11-7-9(3-1-2-6-17)8-12(15)13(11)20(18,19)16-10-4-5-10/h7-8,10,16-17H,2,4-6H2. The van der Waals surface area contributed by atoms with Gasteiger partial charge in [0.1, 0.15) is 4.90 Å². The van der Waals surface area contributed by atoms with E-state index in [-0.39, 0.29) is 27.6 Å². The van der Waals surface area contributed by atoms with E-state index < -0.39 is 10.0 Å². The first kappa shape index (κ1) is 15.6. The molecule has 0 unspecified atom stereocenters. The molecule has 7 heteroatoms. The van der Waals surface area contributed by atoms with Gasteiger partial charge < -0.3 is 5.11 Å². The minimum Gasteiger partial charge on any atom is -0.395 e. The molecule has 1 aromatic carbocycles. The molecule has 1 fully saturated rings. The first-order chi connectivity index (χ1) is 9.44. The molecule has 20 heavy (non-hydrogen) atoms. The molecule has 2 rings (SSSR count). The van der Waals surface area contributed by atoms with Gasteiger partial charge in [0, 0.05) is 18.0 Å².